The van der Waals surface area contributed by atoms with Gasteiger partial charge in [0.15, 0.2) is 0 Å². The molecule has 1 N–H and O–H groups in total. The minimum Gasteiger partial charge on any atom is -0.481 e. The molecule has 1 aliphatic heterocycles. The zero-order valence-electron chi connectivity index (χ0n) is 10.9. The number of rotatable bonds is 5. The summed E-state index contributed by atoms with van der Waals surface area (Å²) in [4.78, 5) is 17.4. The van der Waals surface area contributed by atoms with Crippen molar-refractivity contribution in [3.8, 4) is 0 Å². The van der Waals surface area contributed by atoms with Crippen LogP contribution in [0, 0.1) is 6.92 Å². The Kier molecular flexibility index (Phi) is 4.36. The van der Waals surface area contributed by atoms with Gasteiger partial charge >= 0.3 is 5.97 Å². The van der Waals surface area contributed by atoms with Crippen LogP contribution in [0.1, 0.15) is 31.5 Å². The zero-order valence-corrected chi connectivity index (χ0v) is 10.9. The van der Waals surface area contributed by atoms with Gasteiger partial charge in [-0.05, 0) is 26.3 Å². The van der Waals surface area contributed by atoms with E-state index in [9.17, 15) is 4.79 Å². The fourth-order valence-corrected chi connectivity index (χ4v) is 2.66. The first-order valence-corrected chi connectivity index (χ1v) is 6.60. The zero-order chi connectivity index (χ0) is 13.0. The monoisotopic (exact) mass is 251 g/mol. The van der Waals surface area contributed by atoms with E-state index >= 15 is 0 Å². The van der Waals surface area contributed by atoms with Crippen LogP contribution in [-0.4, -0.2) is 44.7 Å². The standard InChI is InChI=1S/C13H21N3O2/c1-11-14-5-7-15(11)8-9-16-6-3-2-4-12(16)10-13(17)18/h5,7,12H,2-4,6,8-10H2,1H3,(H,17,18). The third kappa shape index (κ3) is 3.32. The Balaban J connectivity index is 1.89. The summed E-state index contributed by atoms with van der Waals surface area (Å²) in [5.74, 6) is 0.326. The molecule has 1 saturated heterocycles. The molecule has 0 bridgehead atoms. The lowest BCUT2D eigenvalue weighted by Gasteiger charge is -2.35. The van der Waals surface area contributed by atoms with E-state index in [1.54, 1.807) is 6.20 Å². The number of aryl methyl sites for hydroxylation is 1. The number of hydrogen-bond acceptors (Lipinski definition) is 3. The number of carbonyl (C=O) groups is 1. The number of aliphatic carboxylic acids is 1. The first kappa shape index (κ1) is 13.1. The van der Waals surface area contributed by atoms with Gasteiger partial charge in [0, 0.05) is 31.5 Å². The number of carboxylic acids is 1. The van der Waals surface area contributed by atoms with Crippen molar-refractivity contribution in [2.24, 2.45) is 0 Å². The average Bonchev–Trinajstić information content (AvgIpc) is 2.73. The second kappa shape index (κ2) is 6.00. The first-order chi connectivity index (χ1) is 8.66. The summed E-state index contributed by atoms with van der Waals surface area (Å²) < 4.78 is 2.12. The number of carboxylic acid groups (broad SMARTS) is 1. The Morgan fingerprint density at radius 3 is 3.00 bits per heavy atom. The number of aromatic nitrogens is 2. The molecule has 1 aliphatic rings. The highest BCUT2D eigenvalue weighted by Crippen LogP contribution is 2.19. The van der Waals surface area contributed by atoms with Crippen molar-refractivity contribution in [1.82, 2.24) is 14.5 Å². The summed E-state index contributed by atoms with van der Waals surface area (Å²) in [6, 6.07) is 0.208. The molecule has 1 unspecified atom stereocenters. The van der Waals surface area contributed by atoms with Gasteiger partial charge in [0.1, 0.15) is 5.82 Å². The maximum absolute atomic E-state index is 10.9. The van der Waals surface area contributed by atoms with Gasteiger partial charge in [0.05, 0.1) is 6.42 Å². The van der Waals surface area contributed by atoms with Crippen LogP contribution in [0.15, 0.2) is 12.4 Å². The average molecular weight is 251 g/mol. The highest BCUT2D eigenvalue weighted by molar-refractivity contribution is 5.67. The quantitative estimate of drug-likeness (QED) is 0.862. The predicted molar refractivity (Wildman–Crippen MR) is 68.4 cm³/mol. The first-order valence-electron chi connectivity index (χ1n) is 6.60. The maximum Gasteiger partial charge on any atom is 0.304 e. The molecule has 0 radical (unpaired) electrons. The van der Waals surface area contributed by atoms with Crippen molar-refractivity contribution in [3.05, 3.63) is 18.2 Å². The molecule has 0 saturated carbocycles. The molecule has 1 atom stereocenters. The molecule has 0 aliphatic carbocycles. The van der Waals surface area contributed by atoms with Crippen LogP contribution >= 0.6 is 0 Å². The van der Waals surface area contributed by atoms with Crippen LogP contribution in [0.25, 0.3) is 0 Å². The van der Waals surface area contributed by atoms with Gasteiger partial charge in [-0.15, -0.1) is 0 Å². The Labute approximate surface area is 107 Å². The summed E-state index contributed by atoms with van der Waals surface area (Å²) in [6.07, 6.45) is 7.39. The summed E-state index contributed by atoms with van der Waals surface area (Å²) in [5, 5.41) is 8.94. The highest BCUT2D eigenvalue weighted by atomic mass is 16.4. The smallest absolute Gasteiger partial charge is 0.304 e. The molecule has 5 heteroatoms. The van der Waals surface area contributed by atoms with Gasteiger partial charge in [0.2, 0.25) is 0 Å². The van der Waals surface area contributed by atoms with E-state index < -0.39 is 5.97 Å². The van der Waals surface area contributed by atoms with Crippen LogP contribution < -0.4 is 0 Å². The van der Waals surface area contributed by atoms with Gasteiger partial charge in [-0.25, -0.2) is 4.98 Å². The molecule has 2 heterocycles. The van der Waals surface area contributed by atoms with Gasteiger partial charge < -0.3 is 9.67 Å². The van der Waals surface area contributed by atoms with Crippen LogP contribution in [0.3, 0.4) is 0 Å². The van der Waals surface area contributed by atoms with Gasteiger partial charge in [-0.1, -0.05) is 6.42 Å². The van der Waals surface area contributed by atoms with E-state index in [1.165, 1.54) is 6.42 Å². The third-order valence-corrected chi connectivity index (χ3v) is 3.71. The Morgan fingerprint density at radius 1 is 1.50 bits per heavy atom. The maximum atomic E-state index is 10.9. The van der Waals surface area contributed by atoms with E-state index in [-0.39, 0.29) is 12.5 Å². The lowest BCUT2D eigenvalue weighted by molar-refractivity contribution is -0.138. The second-order valence-corrected chi connectivity index (χ2v) is 4.95. The van der Waals surface area contributed by atoms with Crippen molar-refractivity contribution in [1.29, 1.82) is 0 Å². The molecule has 5 nitrogen and oxygen atoms in total. The van der Waals surface area contributed by atoms with E-state index in [2.05, 4.69) is 14.5 Å². The Bertz CT molecular complexity index is 403. The van der Waals surface area contributed by atoms with Crippen molar-refractivity contribution < 1.29 is 9.90 Å². The highest BCUT2D eigenvalue weighted by Gasteiger charge is 2.24. The molecule has 1 aromatic rings. The molecule has 18 heavy (non-hydrogen) atoms. The van der Waals surface area contributed by atoms with Crippen molar-refractivity contribution in [3.63, 3.8) is 0 Å². The topological polar surface area (TPSA) is 58.4 Å². The molecule has 1 fully saturated rings. The lowest BCUT2D eigenvalue weighted by atomic mass is 9.99. The van der Waals surface area contributed by atoms with Crippen molar-refractivity contribution in [2.75, 3.05) is 13.1 Å². The summed E-state index contributed by atoms with van der Waals surface area (Å²) in [6.45, 7) is 4.81. The van der Waals surface area contributed by atoms with Gasteiger partial charge in [-0.2, -0.15) is 0 Å². The van der Waals surface area contributed by atoms with Crippen LogP contribution in [0.2, 0.25) is 0 Å². The minimum atomic E-state index is -0.689. The molecule has 2 rings (SSSR count). The van der Waals surface area contributed by atoms with Crippen LogP contribution in [-0.2, 0) is 11.3 Å². The second-order valence-electron chi connectivity index (χ2n) is 4.95. The molecular weight excluding hydrogens is 230 g/mol. The van der Waals surface area contributed by atoms with Gasteiger partial charge in [-0.3, -0.25) is 9.69 Å². The molecule has 100 valence electrons. The van der Waals surface area contributed by atoms with Crippen molar-refractivity contribution >= 4 is 5.97 Å². The normalized spacial score (nSPS) is 21.1. The predicted octanol–water partition coefficient (Wildman–Crippen LogP) is 1.52. The van der Waals surface area contributed by atoms with Crippen LogP contribution in [0.5, 0.6) is 0 Å². The molecule has 0 spiro atoms. The minimum absolute atomic E-state index is 0.208. The SMILES string of the molecule is Cc1nccn1CCN1CCCCC1CC(=O)O. The Hall–Kier alpha value is -1.36. The number of nitrogens with zero attached hydrogens (tertiary/aromatic N) is 3. The number of imidazole rings is 1. The molecule has 0 aromatic carbocycles. The van der Waals surface area contributed by atoms with E-state index in [1.807, 2.05) is 13.1 Å². The van der Waals surface area contributed by atoms with Crippen LogP contribution in [0.4, 0.5) is 0 Å². The number of hydrogen-bond donors (Lipinski definition) is 1. The van der Waals surface area contributed by atoms with Crippen molar-refractivity contribution in [2.45, 2.75) is 45.2 Å². The molecule has 1 aromatic heterocycles. The molecule has 0 amide bonds. The van der Waals surface area contributed by atoms with Gasteiger partial charge in [0.25, 0.3) is 0 Å². The summed E-state index contributed by atoms with van der Waals surface area (Å²) >= 11 is 0. The number of likely N-dealkylation sites (tertiary alicyclic amines) is 1. The summed E-state index contributed by atoms with van der Waals surface area (Å²) in [7, 11) is 0. The Morgan fingerprint density at radius 2 is 2.33 bits per heavy atom. The fraction of sp³-hybridized carbons (Fsp3) is 0.692. The number of piperidine rings is 1. The van der Waals surface area contributed by atoms with E-state index in [0.717, 1.165) is 38.3 Å². The lowest BCUT2D eigenvalue weighted by Crippen LogP contribution is -2.42. The largest absolute Gasteiger partial charge is 0.481 e. The van der Waals surface area contributed by atoms with E-state index in [4.69, 9.17) is 5.11 Å². The molecular formula is C13H21N3O2. The fourth-order valence-electron chi connectivity index (χ4n) is 2.66. The summed E-state index contributed by atoms with van der Waals surface area (Å²) in [5.41, 5.74) is 0. The van der Waals surface area contributed by atoms with E-state index in [0.29, 0.717) is 0 Å². The third-order valence-electron chi connectivity index (χ3n) is 3.71.